The number of rotatable bonds is 4. The maximum atomic E-state index is 11.9. The molecule has 6 heteroatoms. The molecule has 0 saturated carbocycles. The predicted molar refractivity (Wildman–Crippen MR) is 80.2 cm³/mol. The molecule has 6 nitrogen and oxygen atoms in total. The topological polar surface area (TPSA) is 81.2 Å². The lowest BCUT2D eigenvalue weighted by atomic mass is 10.1. The average molecular weight is 297 g/mol. The van der Waals surface area contributed by atoms with Crippen LogP contribution in [0.3, 0.4) is 0 Å². The monoisotopic (exact) mass is 297 g/mol. The van der Waals surface area contributed by atoms with Gasteiger partial charge in [-0.2, -0.15) is 0 Å². The smallest absolute Gasteiger partial charge is 0.322 e. The summed E-state index contributed by atoms with van der Waals surface area (Å²) in [6, 6.07) is 11.3. The highest BCUT2D eigenvalue weighted by Crippen LogP contribution is 2.26. The zero-order valence-corrected chi connectivity index (χ0v) is 12.3. The number of hydrogen-bond acceptors (Lipinski definition) is 5. The minimum atomic E-state index is -0.207. The first-order valence-corrected chi connectivity index (χ1v) is 6.86. The van der Waals surface area contributed by atoms with Crippen LogP contribution in [0.4, 0.5) is 6.01 Å². The van der Waals surface area contributed by atoms with Gasteiger partial charge in [0.15, 0.2) is 0 Å². The molecule has 0 unspecified atom stereocenters. The number of nitrogens with one attached hydrogen (secondary N) is 1. The van der Waals surface area contributed by atoms with Crippen LogP contribution in [0.2, 0.25) is 0 Å². The van der Waals surface area contributed by atoms with E-state index in [4.69, 9.17) is 8.83 Å². The second-order valence-corrected chi connectivity index (χ2v) is 4.95. The number of carbonyl (C=O) groups excluding carboxylic acids is 1. The summed E-state index contributed by atoms with van der Waals surface area (Å²) in [6.45, 7) is 3.66. The van der Waals surface area contributed by atoms with Gasteiger partial charge in [0, 0.05) is 0 Å². The zero-order valence-electron chi connectivity index (χ0n) is 12.3. The summed E-state index contributed by atoms with van der Waals surface area (Å²) in [6.07, 6.45) is 0.252. The van der Waals surface area contributed by atoms with Gasteiger partial charge in [-0.1, -0.05) is 35.4 Å². The lowest BCUT2D eigenvalue weighted by Gasteiger charge is -2.00. The van der Waals surface area contributed by atoms with Crippen LogP contribution in [0, 0.1) is 13.8 Å². The van der Waals surface area contributed by atoms with Crippen LogP contribution >= 0.6 is 0 Å². The zero-order chi connectivity index (χ0) is 15.5. The van der Waals surface area contributed by atoms with E-state index in [0.717, 1.165) is 16.9 Å². The van der Waals surface area contributed by atoms with Crippen LogP contribution in [0.5, 0.6) is 0 Å². The third-order valence-electron chi connectivity index (χ3n) is 3.15. The molecule has 0 saturated heterocycles. The van der Waals surface area contributed by atoms with E-state index in [2.05, 4.69) is 15.5 Å². The number of aryl methyl sites for hydroxylation is 2. The van der Waals surface area contributed by atoms with Gasteiger partial charge >= 0.3 is 6.01 Å². The van der Waals surface area contributed by atoms with E-state index in [-0.39, 0.29) is 18.3 Å². The molecule has 0 atom stereocenters. The highest BCUT2D eigenvalue weighted by atomic mass is 16.4. The number of carbonyl (C=O) groups is 1. The fourth-order valence-electron chi connectivity index (χ4n) is 2.17. The summed E-state index contributed by atoms with van der Waals surface area (Å²) in [5.41, 5.74) is 1.65. The van der Waals surface area contributed by atoms with E-state index in [1.807, 2.05) is 50.2 Å². The molecule has 3 aromatic rings. The quantitative estimate of drug-likeness (QED) is 0.800. The maximum absolute atomic E-state index is 11.9. The van der Waals surface area contributed by atoms with Gasteiger partial charge in [0.25, 0.3) is 5.89 Å². The maximum Gasteiger partial charge on any atom is 0.322 e. The van der Waals surface area contributed by atoms with Crippen LogP contribution in [-0.4, -0.2) is 16.1 Å². The normalized spacial score (nSPS) is 10.6. The Labute approximate surface area is 127 Å². The van der Waals surface area contributed by atoms with Crippen molar-refractivity contribution in [3.05, 3.63) is 53.5 Å². The van der Waals surface area contributed by atoms with E-state index in [0.29, 0.717) is 11.7 Å². The van der Waals surface area contributed by atoms with Crippen LogP contribution in [0.25, 0.3) is 11.5 Å². The number of aromatic nitrogens is 2. The molecule has 22 heavy (non-hydrogen) atoms. The van der Waals surface area contributed by atoms with E-state index in [1.54, 1.807) is 0 Å². The molecular formula is C16H15N3O3. The first-order chi connectivity index (χ1) is 10.6. The molecule has 1 aromatic carbocycles. The van der Waals surface area contributed by atoms with Crippen molar-refractivity contribution in [2.24, 2.45) is 0 Å². The minimum absolute atomic E-state index is 0.0779. The summed E-state index contributed by atoms with van der Waals surface area (Å²) in [4.78, 5) is 11.9. The molecule has 0 fully saturated rings. The van der Waals surface area contributed by atoms with Gasteiger partial charge in [0.2, 0.25) is 5.91 Å². The molecule has 0 radical (unpaired) electrons. The number of nitrogens with zero attached hydrogens (tertiary/aromatic N) is 2. The van der Waals surface area contributed by atoms with E-state index >= 15 is 0 Å². The molecule has 0 aliphatic heterocycles. The first kappa shape index (κ1) is 14.1. The van der Waals surface area contributed by atoms with Gasteiger partial charge in [-0.15, -0.1) is 5.10 Å². The SMILES string of the molecule is Cc1cc(-c2nnc(NC(=O)Cc3ccccc3)o2)c(C)o1. The molecule has 2 heterocycles. The predicted octanol–water partition coefficient (Wildman–Crippen LogP) is 3.13. The number of hydrogen-bond donors (Lipinski definition) is 1. The van der Waals surface area contributed by atoms with Gasteiger partial charge in [-0.05, 0) is 25.5 Å². The molecule has 2 aromatic heterocycles. The summed E-state index contributed by atoms with van der Waals surface area (Å²) >= 11 is 0. The fourth-order valence-corrected chi connectivity index (χ4v) is 2.17. The lowest BCUT2D eigenvalue weighted by Crippen LogP contribution is -2.14. The van der Waals surface area contributed by atoms with E-state index in [1.165, 1.54) is 0 Å². The highest BCUT2D eigenvalue weighted by molar-refractivity contribution is 5.90. The standard InChI is InChI=1S/C16H15N3O3/c1-10-8-13(11(2)21-10)15-18-19-16(22-15)17-14(20)9-12-6-4-3-5-7-12/h3-8H,9H2,1-2H3,(H,17,19,20). The lowest BCUT2D eigenvalue weighted by molar-refractivity contribution is -0.115. The van der Waals surface area contributed by atoms with Crippen LogP contribution in [0.1, 0.15) is 17.1 Å². The third kappa shape index (κ3) is 3.06. The van der Waals surface area contributed by atoms with Crippen molar-refractivity contribution in [2.45, 2.75) is 20.3 Å². The summed E-state index contributed by atoms with van der Waals surface area (Å²) in [5, 5.41) is 10.4. The van der Waals surface area contributed by atoms with Crippen molar-refractivity contribution in [3.63, 3.8) is 0 Å². The fraction of sp³-hybridized carbons (Fsp3) is 0.188. The number of benzene rings is 1. The van der Waals surface area contributed by atoms with Gasteiger partial charge in [-0.25, -0.2) is 0 Å². The van der Waals surface area contributed by atoms with E-state index in [9.17, 15) is 4.79 Å². The van der Waals surface area contributed by atoms with Crippen molar-refractivity contribution in [3.8, 4) is 11.5 Å². The Bertz CT molecular complexity index is 790. The second kappa shape index (κ2) is 5.85. The minimum Gasteiger partial charge on any atom is -0.466 e. The molecule has 0 aliphatic rings. The summed E-state index contributed by atoms with van der Waals surface area (Å²) in [5.74, 6) is 1.58. The highest BCUT2D eigenvalue weighted by Gasteiger charge is 2.15. The molecule has 0 aliphatic carbocycles. The Hall–Kier alpha value is -2.89. The van der Waals surface area contributed by atoms with Crippen molar-refractivity contribution < 1.29 is 13.6 Å². The largest absolute Gasteiger partial charge is 0.466 e. The molecule has 0 bridgehead atoms. The number of amides is 1. The van der Waals surface area contributed by atoms with Crippen LogP contribution in [0.15, 0.2) is 45.2 Å². The van der Waals surface area contributed by atoms with Crippen molar-refractivity contribution in [1.82, 2.24) is 10.2 Å². The Morgan fingerprint density at radius 1 is 1.14 bits per heavy atom. The second-order valence-electron chi connectivity index (χ2n) is 4.95. The molecule has 1 amide bonds. The average Bonchev–Trinajstić information content (AvgIpc) is 3.06. The van der Waals surface area contributed by atoms with Crippen LogP contribution in [-0.2, 0) is 11.2 Å². The third-order valence-corrected chi connectivity index (χ3v) is 3.15. The van der Waals surface area contributed by atoms with E-state index < -0.39 is 0 Å². The van der Waals surface area contributed by atoms with Gasteiger partial charge in [0.05, 0.1) is 12.0 Å². The van der Waals surface area contributed by atoms with Crippen molar-refractivity contribution >= 4 is 11.9 Å². The van der Waals surface area contributed by atoms with Gasteiger partial charge < -0.3 is 8.83 Å². The van der Waals surface area contributed by atoms with Gasteiger partial charge in [-0.3, -0.25) is 10.1 Å². The summed E-state index contributed by atoms with van der Waals surface area (Å²) in [7, 11) is 0. The Balaban J connectivity index is 1.69. The molecule has 3 rings (SSSR count). The molecule has 0 spiro atoms. The number of anilines is 1. The summed E-state index contributed by atoms with van der Waals surface area (Å²) < 4.78 is 10.9. The first-order valence-electron chi connectivity index (χ1n) is 6.86. The Kier molecular flexibility index (Phi) is 3.74. The molecule has 112 valence electrons. The molecule has 1 N–H and O–H groups in total. The number of furan rings is 1. The van der Waals surface area contributed by atoms with Gasteiger partial charge in [0.1, 0.15) is 11.5 Å². The van der Waals surface area contributed by atoms with Crippen molar-refractivity contribution in [1.29, 1.82) is 0 Å². The molecular weight excluding hydrogens is 282 g/mol. The van der Waals surface area contributed by atoms with Crippen LogP contribution < -0.4 is 5.32 Å². The van der Waals surface area contributed by atoms with Crippen molar-refractivity contribution in [2.75, 3.05) is 5.32 Å². The Morgan fingerprint density at radius 3 is 2.59 bits per heavy atom. The Morgan fingerprint density at radius 2 is 1.91 bits per heavy atom.